The van der Waals surface area contributed by atoms with Gasteiger partial charge in [0.05, 0.1) is 0 Å². The quantitative estimate of drug-likeness (QED) is 0.806. The second kappa shape index (κ2) is 6.81. The van der Waals surface area contributed by atoms with Gasteiger partial charge in [-0.1, -0.05) is 34.8 Å². The lowest BCUT2D eigenvalue weighted by Gasteiger charge is -2.12. The first-order chi connectivity index (χ1) is 8.29. The van der Waals surface area contributed by atoms with Crippen molar-refractivity contribution in [2.24, 2.45) is 5.92 Å². The van der Waals surface area contributed by atoms with E-state index in [1.165, 1.54) is 46.4 Å². The molecule has 0 saturated heterocycles. The van der Waals surface area contributed by atoms with Crippen molar-refractivity contribution in [2.45, 2.75) is 37.1 Å². The third kappa shape index (κ3) is 4.01. The van der Waals surface area contributed by atoms with E-state index in [0.29, 0.717) is 0 Å². The van der Waals surface area contributed by atoms with Gasteiger partial charge in [-0.25, -0.2) is 0 Å². The number of hydrogen-bond acceptors (Lipinski definition) is 2. The highest BCUT2D eigenvalue weighted by Gasteiger charge is 2.15. The average molecular weight is 314 g/mol. The zero-order valence-corrected chi connectivity index (χ0v) is 12.7. The van der Waals surface area contributed by atoms with Crippen LogP contribution < -0.4 is 5.32 Å². The molecule has 1 saturated carbocycles. The van der Waals surface area contributed by atoms with Crippen molar-refractivity contribution in [1.29, 1.82) is 0 Å². The van der Waals surface area contributed by atoms with E-state index < -0.39 is 0 Å². The summed E-state index contributed by atoms with van der Waals surface area (Å²) in [7, 11) is 2.01. The van der Waals surface area contributed by atoms with Crippen molar-refractivity contribution in [2.75, 3.05) is 12.8 Å². The molecule has 0 unspecified atom stereocenters. The molecule has 1 aliphatic rings. The van der Waals surface area contributed by atoms with Crippen LogP contribution in [0.5, 0.6) is 0 Å². The van der Waals surface area contributed by atoms with Gasteiger partial charge in [-0.3, -0.25) is 0 Å². The molecule has 0 radical (unpaired) electrons. The van der Waals surface area contributed by atoms with Crippen molar-refractivity contribution in [3.8, 4) is 0 Å². The lowest BCUT2D eigenvalue weighted by Crippen LogP contribution is -2.06. The maximum absolute atomic E-state index is 3.57. The predicted octanol–water partition coefficient (Wildman–Crippen LogP) is 4.45. The van der Waals surface area contributed by atoms with Gasteiger partial charge in [0.25, 0.3) is 0 Å². The van der Waals surface area contributed by atoms with Crippen LogP contribution in [0.4, 0.5) is 0 Å². The molecule has 1 nitrogen and oxygen atoms in total. The fourth-order valence-corrected chi connectivity index (χ4v) is 4.18. The summed E-state index contributed by atoms with van der Waals surface area (Å²) in [6.45, 7) is 0.959. The fraction of sp³-hybridized carbons (Fsp3) is 0.571. The van der Waals surface area contributed by atoms with Crippen LogP contribution in [0.2, 0.25) is 0 Å². The highest BCUT2D eigenvalue weighted by Crippen LogP contribution is 2.33. The second-order valence-electron chi connectivity index (χ2n) is 4.74. The molecule has 17 heavy (non-hydrogen) atoms. The van der Waals surface area contributed by atoms with Gasteiger partial charge in [0.2, 0.25) is 0 Å². The Balaban J connectivity index is 1.99. The first-order valence-corrected chi connectivity index (χ1v) is 8.13. The van der Waals surface area contributed by atoms with E-state index in [9.17, 15) is 0 Å². The van der Waals surface area contributed by atoms with Crippen LogP contribution in [0.1, 0.15) is 31.2 Å². The topological polar surface area (TPSA) is 12.0 Å². The van der Waals surface area contributed by atoms with Gasteiger partial charge >= 0.3 is 0 Å². The number of thioether (sulfide) groups is 1. The van der Waals surface area contributed by atoms with Crippen LogP contribution in [0.15, 0.2) is 27.6 Å². The molecule has 0 aromatic heterocycles. The molecule has 2 rings (SSSR count). The maximum Gasteiger partial charge on any atom is 0.0213 e. The summed E-state index contributed by atoms with van der Waals surface area (Å²) >= 11 is 5.60. The van der Waals surface area contributed by atoms with E-state index in [1.54, 1.807) is 0 Å². The average Bonchev–Trinajstić information content (AvgIpc) is 2.82. The summed E-state index contributed by atoms with van der Waals surface area (Å²) in [6.07, 6.45) is 5.74. The van der Waals surface area contributed by atoms with E-state index in [1.807, 2.05) is 18.8 Å². The van der Waals surface area contributed by atoms with Crippen molar-refractivity contribution in [1.82, 2.24) is 5.32 Å². The second-order valence-corrected chi connectivity index (χ2v) is 6.72. The SMILES string of the molecule is CNCc1ccc(Br)cc1SCC1CCCC1. The van der Waals surface area contributed by atoms with Crippen LogP contribution in [0.25, 0.3) is 0 Å². The summed E-state index contributed by atoms with van der Waals surface area (Å²) in [6, 6.07) is 6.61. The summed E-state index contributed by atoms with van der Waals surface area (Å²) in [5, 5.41) is 3.24. The molecule has 1 fully saturated rings. The molecule has 1 aliphatic carbocycles. The summed E-state index contributed by atoms with van der Waals surface area (Å²) in [5.74, 6) is 2.23. The third-order valence-electron chi connectivity index (χ3n) is 3.35. The molecule has 1 N–H and O–H groups in total. The monoisotopic (exact) mass is 313 g/mol. The highest BCUT2D eigenvalue weighted by molar-refractivity contribution is 9.10. The largest absolute Gasteiger partial charge is 0.316 e. The van der Waals surface area contributed by atoms with E-state index in [2.05, 4.69) is 39.4 Å². The van der Waals surface area contributed by atoms with Crippen LogP contribution >= 0.6 is 27.7 Å². The van der Waals surface area contributed by atoms with Crippen molar-refractivity contribution in [3.05, 3.63) is 28.2 Å². The number of halogens is 1. The van der Waals surface area contributed by atoms with Gasteiger partial charge in [-0.15, -0.1) is 11.8 Å². The number of nitrogens with one attached hydrogen (secondary N) is 1. The minimum Gasteiger partial charge on any atom is -0.316 e. The smallest absolute Gasteiger partial charge is 0.0213 e. The molecular formula is C14H20BrNS. The van der Waals surface area contributed by atoms with Crippen LogP contribution in [-0.4, -0.2) is 12.8 Å². The molecule has 0 aliphatic heterocycles. The lowest BCUT2D eigenvalue weighted by atomic mass is 10.1. The summed E-state index contributed by atoms with van der Waals surface area (Å²) in [5.41, 5.74) is 1.42. The Morgan fingerprint density at radius 2 is 2.12 bits per heavy atom. The fourth-order valence-electron chi connectivity index (χ4n) is 2.38. The Morgan fingerprint density at radius 3 is 2.82 bits per heavy atom. The van der Waals surface area contributed by atoms with Gasteiger partial charge in [-0.2, -0.15) is 0 Å². The summed E-state index contributed by atoms with van der Waals surface area (Å²) < 4.78 is 1.19. The first kappa shape index (κ1) is 13.4. The Labute approximate surface area is 117 Å². The Bertz CT molecular complexity index is 361. The van der Waals surface area contributed by atoms with Crippen molar-refractivity contribution < 1.29 is 0 Å². The minimum atomic E-state index is 0.946. The molecule has 0 bridgehead atoms. The minimum absolute atomic E-state index is 0.946. The van der Waals surface area contributed by atoms with E-state index >= 15 is 0 Å². The Hall–Kier alpha value is 0.01000. The first-order valence-electron chi connectivity index (χ1n) is 6.35. The Morgan fingerprint density at radius 1 is 1.35 bits per heavy atom. The highest BCUT2D eigenvalue weighted by atomic mass is 79.9. The van der Waals surface area contributed by atoms with Crippen molar-refractivity contribution in [3.63, 3.8) is 0 Å². The molecule has 0 amide bonds. The maximum atomic E-state index is 3.57. The number of hydrogen-bond donors (Lipinski definition) is 1. The zero-order valence-electron chi connectivity index (χ0n) is 10.3. The molecular weight excluding hydrogens is 294 g/mol. The Kier molecular flexibility index (Phi) is 5.39. The third-order valence-corrected chi connectivity index (χ3v) is 5.17. The predicted molar refractivity (Wildman–Crippen MR) is 79.6 cm³/mol. The number of benzene rings is 1. The van der Waals surface area contributed by atoms with Gasteiger partial charge in [-0.05, 0) is 43.5 Å². The van der Waals surface area contributed by atoms with E-state index in [0.717, 1.165) is 12.5 Å². The van der Waals surface area contributed by atoms with Gasteiger partial charge < -0.3 is 5.32 Å². The van der Waals surface area contributed by atoms with Crippen LogP contribution in [0, 0.1) is 5.92 Å². The van der Waals surface area contributed by atoms with Crippen molar-refractivity contribution >= 4 is 27.7 Å². The molecule has 0 spiro atoms. The molecule has 94 valence electrons. The van der Waals surface area contributed by atoms with Crippen LogP contribution in [0.3, 0.4) is 0 Å². The molecule has 1 aromatic rings. The van der Waals surface area contributed by atoms with Gasteiger partial charge in [0.15, 0.2) is 0 Å². The molecule has 0 atom stereocenters. The lowest BCUT2D eigenvalue weighted by molar-refractivity contribution is 0.623. The standard InChI is InChI=1S/C14H20BrNS/c1-16-9-12-6-7-13(15)8-14(12)17-10-11-4-2-3-5-11/h6-8,11,16H,2-5,9-10H2,1H3. The van der Waals surface area contributed by atoms with Crippen LogP contribution in [-0.2, 0) is 6.54 Å². The summed E-state index contributed by atoms with van der Waals surface area (Å²) in [4.78, 5) is 1.43. The van der Waals surface area contributed by atoms with Gasteiger partial charge in [0.1, 0.15) is 0 Å². The normalized spacial score (nSPS) is 16.6. The molecule has 3 heteroatoms. The zero-order chi connectivity index (χ0) is 12.1. The number of rotatable bonds is 5. The molecule has 1 aromatic carbocycles. The molecule has 0 heterocycles. The van der Waals surface area contributed by atoms with E-state index in [4.69, 9.17) is 0 Å². The van der Waals surface area contributed by atoms with Gasteiger partial charge in [0, 0.05) is 21.7 Å². The van der Waals surface area contributed by atoms with E-state index in [-0.39, 0.29) is 0 Å².